The number of hydrogen-bond acceptors (Lipinski definition) is 3. The first-order chi connectivity index (χ1) is 7.99. The van der Waals surface area contributed by atoms with Gasteiger partial charge in [-0.1, -0.05) is 0 Å². The molecule has 1 unspecified atom stereocenters. The lowest BCUT2D eigenvalue weighted by atomic mass is 9.99. The molecular weight excluding hydrogens is 214 g/mol. The fourth-order valence-electron chi connectivity index (χ4n) is 2.25. The van der Waals surface area contributed by atoms with Crippen molar-refractivity contribution in [2.45, 2.75) is 33.2 Å². The molecule has 0 aliphatic rings. The zero-order valence-electron chi connectivity index (χ0n) is 10.8. The highest BCUT2D eigenvalue weighted by Gasteiger charge is 2.18. The molecule has 0 saturated carbocycles. The molecule has 0 saturated heterocycles. The minimum Gasteiger partial charge on any atom is -0.466 e. The molecule has 2 rings (SSSR count). The highest BCUT2D eigenvalue weighted by Crippen LogP contribution is 2.27. The van der Waals surface area contributed by atoms with Crippen LogP contribution in [-0.2, 0) is 13.5 Å². The Morgan fingerprint density at radius 3 is 2.53 bits per heavy atom. The van der Waals surface area contributed by atoms with E-state index in [1.807, 2.05) is 33.2 Å². The molecule has 0 fully saturated rings. The minimum atomic E-state index is -0.0534. The van der Waals surface area contributed by atoms with Crippen molar-refractivity contribution in [2.24, 2.45) is 12.8 Å². The fraction of sp³-hybridized carbons (Fsp3) is 0.462. The van der Waals surface area contributed by atoms with Gasteiger partial charge >= 0.3 is 0 Å². The highest BCUT2D eigenvalue weighted by molar-refractivity contribution is 5.34. The van der Waals surface area contributed by atoms with Gasteiger partial charge in [0.15, 0.2) is 0 Å². The number of hydrogen-bond donors (Lipinski definition) is 1. The molecule has 0 spiro atoms. The van der Waals surface area contributed by atoms with E-state index < -0.39 is 0 Å². The standard InChI is InChI=1S/C13H19N3O/c1-8-9(2)17-10(3)13(8)12(14)7-11-5-6-16(4)15-11/h5-6,12H,7,14H2,1-4H3. The normalized spacial score (nSPS) is 13.0. The summed E-state index contributed by atoms with van der Waals surface area (Å²) in [5.41, 5.74) is 9.53. The van der Waals surface area contributed by atoms with E-state index in [4.69, 9.17) is 10.2 Å². The highest BCUT2D eigenvalue weighted by atomic mass is 16.3. The molecule has 0 aromatic carbocycles. The molecule has 0 aliphatic heterocycles. The average molecular weight is 233 g/mol. The van der Waals surface area contributed by atoms with Crippen molar-refractivity contribution in [3.8, 4) is 0 Å². The number of nitrogens with two attached hydrogens (primary N) is 1. The Labute approximate surface area is 101 Å². The smallest absolute Gasteiger partial charge is 0.106 e. The third-order valence-electron chi connectivity index (χ3n) is 3.19. The van der Waals surface area contributed by atoms with Crippen LogP contribution < -0.4 is 5.73 Å². The van der Waals surface area contributed by atoms with E-state index in [1.165, 1.54) is 0 Å². The number of aryl methyl sites for hydroxylation is 3. The van der Waals surface area contributed by atoms with Gasteiger partial charge in [0, 0.05) is 31.3 Å². The van der Waals surface area contributed by atoms with Gasteiger partial charge in [-0.3, -0.25) is 4.68 Å². The first-order valence-electron chi connectivity index (χ1n) is 5.79. The molecule has 2 heterocycles. The van der Waals surface area contributed by atoms with Gasteiger partial charge in [0.25, 0.3) is 0 Å². The molecule has 2 aromatic heterocycles. The van der Waals surface area contributed by atoms with Crippen molar-refractivity contribution >= 4 is 0 Å². The minimum absolute atomic E-state index is 0.0534. The molecule has 0 radical (unpaired) electrons. The van der Waals surface area contributed by atoms with Gasteiger partial charge in [-0.15, -0.1) is 0 Å². The molecule has 1 atom stereocenters. The molecule has 0 aliphatic carbocycles. The molecule has 92 valence electrons. The summed E-state index contributed by atoms with van der Waals surface area (Å²) in [4.78, 5) is 0. The maximum Gasteiger partial charge on any atom is 0.106 e. The van der Waals surface area contributed by atoms with Gasteiger partial charge in [-0.05, 0) is 32.4 Å². The van der Waals surface area contributed by atoms with Crippen LogP contribution in [0.3, 0.4) is 0 Å². The van der Waals surface area contributed by atoms with Crippen molar-refractivity contribution in [2.75, 3.05) is 0 Å². The number of nitrogens with zero attached hydrogens (tertiary/aromatic N) is 2. The van der Waals surface area contributed by atoms with E-state index in [-0.39, 0.29) is 6.04 Å². The van der Waals surface area contributed by atoms with Crippen LogP contribution in [0.25, 0.3) is 0 Å². The molecule has 17 heavy (non-hydrogen) atoms. The second kappa shape index (κ2) is 4.37. The van der Waals surface area contributed by atoms with Crippen molar-refractivity contribution < 1.29 is 4.42 Å². The van der Waals surface area contributed by atoms with Gasteiger partial charge < -0.3 is 10.2 Å². The summed E-state index contributed by atoms with van der Waals surface area (Å²) < 4.78 is 7.40. The predicted molar refractivity (Wildman–Crippen MR) is 66.8 cm³/mol. The van der Waals surface area contributed by atoms with E-state index >= 15 is 0 Å². The SMILES string of the molecule is Cc1oc(C)c(C(N)Cc2ccn(C)n2)c1C. The van der Waals surface area contributed by atoms with Crippen molar-refractivity contribution in [1.29, 1.82) is 0 Å². The maximum absolute atomic E-state index is 6.24. The lowest BCUT2D eigenvalue weighted by Gasteiger charge is -2.10. The monoisotopic (exact) mass is 233 g/mol. The lowest BCUT2D eigenvalue weighted by Crippen LogP contribution is -2.15. The summed E-state index contributed by atoms with van der Waals surface area (Å²) in [5, 5.41) is 4.35. The Morgan fingerprint density at radius 2 is 2.06 bits per heavy atom. The van der Waals surface area contributed by atoms with Crippen LogP contribution in [0.5, 0.6) is 0 Å². The van der Waals surface area contributed by atoms with Crippen LogP contribution in [0.15, 0.2) is 16.7 Å². The molecule has 0 amide bonds. The Morgan fingerprint density at radius 1 is 1.35 bits per heavy atom. The third kappa shape index (κ3) is 2.26. The number of rotatable bonds is 3. The molecule has 2 aromatic rings. The summed E-state index contributed by atoms with van der Waals surface area (Å²) in [6.45, 7) is 5.99. The Hall–Kier alpha value is -1.55. The molecular formula is C13H19N3O. The Bertz CT molecular complexity index is 525. The van der Waals surface area contributed by atoms with E-state index in [1.54, 1.807) is 4.68 Å². The topological polar surface area (TPSA) is 57.0 Å². The lowest BCUT2D eigenvalue weighted by molar-refractivity contribution is 0.495. The fourth-order valence-corrected chi connectivity index (χ4v) is 2.25. The predicted octanol–water partition coefficient (Wildman–Crippen LogP) is 2.18. The van der Waals surface area contributed by atoms with Gasteiger partial charge in [-0.2, -0.15) is 5.10 Å². The van der Waals surface area contributed by atoms with Crippen molar-refractivity contribution in [3.05, 3.63) is 40.6 Å². The molecule has 4 nitrogen and oxygen atoms in total. The van der Waals surface area contributed by atoms with Gasteiger partial charge in [0.2, 0.25) is 0 Å². The zero-order valence-corrected chi connectivity index (χ0v) is 10.8. The summed E-state index contributed by atoms with van der Waals surface area (Å²) >= 11 is 0. The number of furan rings is 1. The van der Waals surface area contributed by atoms with E-state index in [0.717, 1.165) is 34.8 Å². The van der Waals surface area contributed by atoms with E-state index in [9.17, 15) is 0 Å². The van der Waals surface area contributed by atoms with Gasteiger partial charge in [0.1, 0.15) is 11.5 Å². The quantitative estimate of drug-likeness (QED) is 0.884. The third-order valence-corrected chi connectivity index (χ3v) is 3.19. The van der Waals surface area contributed by atoms with E-state index in [2.05, 4.69) is 12.0 Å². The van der Waals surface area contributed by atoms with Crippen LogP contribution in [0.1, 0.15) is 34.4 Å². The first kappa shape index (κ1) is 11.9. The van der Waals surface area contributed by atoms with Gasteiger partial charge in [-0.25, -0.2) is 0 Å². The van der Waals surface area contributed by atoms with E-state index in [0.29, 0.717) is 0 Å². The Kier molecular flexibility index (Phi) is 3.07. The van der Waals surface area contributed by atoms with Crippen LogP contribution in [-0.4, -0.2) is 9.78 Å². The first-order valence-corrected chi connectivity index (χ1v) is 5.79. The number of aromatic nitrogens is 2. The summed E-state index contributed by atoms with van der Waals surface area (Å²) in [6.07, 6.45) is 2.67. The van der Waals surface area contributed by atoms with Crippen LogP contribution in [0.4, 0.5) is 0 Å². The summed E-state index contributed by atoms with van der Waals surface area (Å²) in [6, 6.07) is 1.94. The van der Waals surface area contributed by atoms with Crippen molar-refractivity contribution in [1.82, 2.24) is 9.78 Å². The molecule has 2 N–H and O–H groups in total. The summed E-state index contributed by atoms with van der Waals surface area (Å²) in [7, 11) is 1.91. The zero-order chi connectivity index (χ0) is 12.6. The second-order valence-electron chi connectivity index (χ2n) is 4.54. The summed E-state index contributed by atoms with van der Waals surface area (Å²) in [5.74, 6) is 1.87. The molecule has 4 heteroatoms. The Balaban J connectivity index is 2.22. The second-order valence-corrected chi connectivity index (χ2v) is 4.54. The maximum atomic E-state index is 6.24. The largest absolute Gasteiger partial charge is 0.466 e. The average Bonchev–Trinajstić information content (AvgIpc) is 2.73. The van der Waals surface area contributed by atoms with Crippen LogP contribution in [0.2, 0.25) is 0 Å². The molecule has 0 bridgehead atoms. The van der Waals surface area contributed by atoms with Gasteiger partial charge in [0.05, 0.1) is 5.69 Å². The van der Waals surface area contributed by atoms with Crippen LogP contribution >= 0.6 is 0 Å². The van der Waals surface area contributed by atoms with Crippen LogP contribution in [0, 0.1) is 20.8 Å². The van der Waals surface area contributed by atoms with Crippen molar-refractivity contribution in [3.63, 3.8) is 0 Å².